The number of aromatic nitrogens is 1. The van der Waals surface area contributed by atoms with E-state index in [1.165, 1.54) is 11.9 Å². The number of anilines is 1. The second-order valence-electron chi connectivity index (χ2n) is 4.61. The third-order valence-electron chi connectivity index (χ3n) is 3.23. The lowest BCUT2D eigenvalue weighted by molar-refractivity contribution is 0.112. The van der Waals surface area contributed by atoms with Crippen LogP contribution in [0.3, 0.4) is 0 Å². The average molecular weight is 310 g/mol. The maximum absolute atomic E-state index is 10.8. The predicted octanol–water partition coefficient (Wildman–Crippen LogP) is 4.18. The summed E-state index contributed by atoms with van der Waals surface area (Å²) in [6.07, 6.45) is 2.58. The summed E-state index contributed by atoms with van der Waals surface area (Å²) in [6, 6.07) is 15.3. The number of nitrogens with one attached hydrogen (secondary N) is 1. The fourth-order valence-corrected chi connectivity index (χ4v) is 2.94. The highest BCUT2D eigenvalue weighted by Crippen LogP contribution is 2.32. The van der Waals surface area contributed by atoms with Crippen molar-refractivity contribution in [1.82, 2.24) is 4.98 Å². The van der Waals surface area contributed by atoms with Crippen LogP contribution in [0, 0.1) is 0 Å². The summed E-state index contributed by atoms with van der Waals surface area (Å²) >= 11 is 1.47. The molecule has 0 saturated heterocycles. The molecule has 0 spiro atoms. The quantitative estimate of drug-likeness (QED) is 0.566. The molecular weight excluding hydrogens is 296 g/mol. The Bertz CT molecular complexity index is 815. The zero-order valence-electron chi connectivity index (χ0n) is 11.9. The summed E-state index contributed by atoms with van der Waals surface area (Å²) in [5.41, 5.74) is 2.34. The van der Waals surface area contributed by atoms with E-state index in [0.717, 1.165) is 27.8 Å². The fraction of sp³-hybridized carbons (Fsp3) is 0.0588. The van der Waals surface area contributed by atoms with Crippen molar-refractivity contribution in [2.45, 2.75) is 4.90 Å². The minimum Gasteiger partial charge on any atom is -0.495 e. The van der Waals surface area contributed by atoms with Crippen LogP contribution < -0.4 is 9.46 Å². The number of para-hydroxylation sites is 1. The lowest BCUT2D eigenvalue weighted by Crippen LogP contribution is -1.94. The molecule has 0 amide bonds. The molecule has 4 nitrogen and oxygen atoms in total. The van der Waals surface area contributed by atoms with Gasteiger partial charge in [0, 0.05) is 17.1 Å². The smallest absolute Gasteiger partial charge is 0.150 e. The Morgan fingerprint density at radius 3 is 2.86 bits per heavy atom. The van der Waals surface area contributed by atoms with Crippen LogP contribution in [-0.2, 0) is 0 Å². The molecule has 2 aromatic carbocycles. The van der Waals surface area contributed by atoms with Crippen LogP contribution in [0.2, 0.25) is 0 Å². The molecule has 0 fully saturated rings. The number of ether oxygens (including phenoxy) is 1. The topological polar surface area (TPSA) is 51.2 Å². The molecule has 1 aromatic heterocycles. The Morgan fingerprint density at radius 1 is 1.18 bits per heavy atom. The molecule has 0 unspecified atom stereocenters. The SMILES string of the molecule is COc1cc(C=O)ccc1NSc1cccc2cccnc12. The van der Waals surface area contributed by atoms with Crippen molar-refractivity contribution < 1.29 is 9.53 Å². The van der Waals surface area contributed by atoms with Gasteiger partial charge in [-0.1, -0.05) is 18.2 Å². The summed E-state index contributed by atoms with van der Waals surface area (Å²) in [5.74, 6) is 0.630. The van der Waals surface area contributed by atoms with Gasteiger partial charge in [-0.3, -0.25) is 9.78 Å². The highest BCUT2D eigenvalue weighted by molar-refractivity contribution is 8.00. The van der Waals surface area contributed by atoms with E-state index in [1.807, 2.05) is 36.4 Å². The summed E-state index contributed by atoms with van der Waals surface area (Å²) in [5, 5.41) is 1.09. The van der Waals surface area contributed by atoms with Crippen LogP contribution in [0.25, 0.3) is 10.9 Å². The van der Waals surface area contributed by atoms with Crippen molar-refractivity contribution in [2.75, 3.05) is 11.8 Å². The van der Waals surface area contributed by atoms with Gasteiger partial charge in [0.05, 0.1) is 23.2 Å². The Balaban J connectivity index is 1.87. The van der Waals surface area contributed by atoms with E-state index in [4.69, 9.17) is 4.74 Å². The van der Waals surface area contributed by atoms with E-state index in [1.54, 1.807) is 25.4 Å². The summed E-state index contributed by atoms with van der Waals surface area (Å²) in [7, 11) is 1.58. The Morgan fingerprint density at radius 2 is 2.05 bits per heavy atom. The van der Waals surface area contributed by atoms with Crippen LogP contribution in [-0.4, -0.2) is 18.4 Å². The summed E-state index contributed by atoms with van der Waals surface area (Å²) < 4.78 is 8.57. The molecule has 0 saturated carbocycles. The van der Waals surface area contributed by atoms with Crippen LogP contribution in [0.5, 0.6) is 5.75 Å². The van der Waals surface area contributed by atoms with Gasteiger partial charge in [-0.25, -0.2) is 0 Å². The van der Waals surface area contributed by atoms with Crippen molar-refractivity contribution in [3.8, 4) is 5.75 Å². The first-order valence-corrected chi connectivity index (χ1v) is 7.53. The van der Waals surface area contributed by atoms with Gasteiger partial charge in [-0.05, 0) is 42.3 Å². The first-order chi connectivity index (χ1) is 10.8. The van der Waals surface area contributed by atoms with Gasteiger partial charge in [0.15, 0.2) is 0 Å². The van der Waals surface area contributed by atoms with Crippen molar-refractivity contribution in [1.29, 1.82) is 0 Å². The molecule has 0 bridgehead atoms. The number of benzene rings is 2. The predicted molar refractivity (Wildman–Crippen MR) is 89.6 cm³/mol. The maximum atomic E-state index is 10.8. The number of fused-ring (bicyclic) bond motifs is 1. The number of hydrogen-bond acceptors (Lipinski definition) is 5. The van der Waals surface area contributed by atoms with Gasteiger partial charge >= 0.3 is 0 Å². The molecule has 3 rings (SSSR count). The zero-order valence-corrected chi connectivity index (χ0v) is 12.8. The number of rotatable bonds is 5. The lowest BCUT2D eigenvalue weighted by atomic mass is 10.2. The van der Waals surface area contributed by atoms with Crippen LogP contribution in [0.15, 0.2) is 59.6 Å². The molecule has 0 atom stereocenters. The van der Waals surface area contributed by atoms with E-state index in [9.17, 15) is 4.79 Å². The Hall–Kier alpha value is -2.53. The largest absolute Gasteiger partial charge is 0.495 e. The molecule has 110 valence electrons. The van der Waals surface area contributed by atoms with Crippen LogP contribution >= 0.6 is 11.9 Å². The standard InChI is InChI=1S/C17H14N2O2S/c1-21-15-10-12(11-20)7-8-14(15)19-22-16-6-2-4-13-5-3-9-18-17(13)16/h2-11,19H,1H3. The monoisotopic (exact) mass is 310 g/mol. The molecule has 0 aliphatic carbocycles. The lowest BCUT2D eigenvalue weighted by Gasteiger charge is -2.11. The van der Waals surface area contributed by atoms with Gasteiger partial charge in [0.2, 0.25) is 0 Å². The van der Waals surface area contributed by atoms with E-state index in [0.29, 0.717) is 11.3 Å². The number of carbonyl (C=O) groups is 1. The van der Waals surface area contributed by atoms with Gasteiger partial charge < -0.3 is 9.46 Å². The van der Waals surface area contributed by atoms with Gasteiger partial charge in [0.25, 0.3) is 0 Å². The second kappa shape index (κ2) is 6.49. The highest BCUT2D eigenvalue weighted by Gasteiger charge is 2.07. The molecule has 0 aliphatic heterocycles. The maximum Gasteiger partial charge on any atom is 0.150 e. The molecular formula is C17H14N2O2S. The van der Waals surface area contributed by atoms with Crippen LogP contribution in [0.1, 0.15) is 10.4 Å². The fourth-order valence-electron chi connectivity index (χ4n) is 2.13. The van der Waals surface area contributed by atoms with Crippen molar-refractivity contribution >= 4 is 34.8 Å². The molecule has 1 N–H and O–H groups in total. The van der Waals surface area contributed by atoms with Crippen molar-refractivity contribution in [3.63, 3.8) is 0 Å². The summed E-state index contributed by atoms with van der Waals surface area (Å²) in [4.78, 5) is 16.3. The first-order valence-electron chi connectivity index (χ1n) is 6.71. The number of carbonyl (C=O) groups excluding carboxylic acids is 1. The molecule has 5 heteroatoms. The highest BCUT2D eigenvalue weighted by atomic mass is 32.2. The molecule has 3 aromatic rings. The number of hydrogen-bond donors (Lipinski definition) is 1. The third kappa shape index (κ3) is 2.89. The van der Waals surface area contributed by atoms with Crippen molar-refractivity contribution in [3.05, 3.63) is 60.3 Å². The minimum atomic E-state index is 0.583. The third-order valence-corrected chi connectivity index (χ3v) is 4.10. The van der Waals surface area contributed by atoms with Gasteiger partial charge in [-0.15, -0.1) is 0 Å². The van der Waals surface area contributed by atoms with Gasteiger partial charge in [0.1, 0.15) is 12.0 Å². The molecule has 22 heavy (non-hydrogen) atoms. The minimum absolute atomic E-state index is 0.583. The number of pyridine rings is 1. The van der Waals surface area contributed by atoms with E-state index >= 15 is 0 Å². The van der Waals surface area contributed by atoms with Crippen LogP contribution in [0.4, 0.5) is 5.69 Å². The number of nitrogens with zero attached hydrogens (tertiary/aromatic N) is 1. The average Bonchev–Trinajstić information content (AvgIpc) is 2.59. The molecule has 0 radical (unpaired) electrons. The van der Waals surface area contributed by atoms with Gasteiger partial charge in [-0.2, -0.15) is 0 Å². The molecule has 0 aliphatic rings. The van der Waals surface area contributed by atoms with Crippen molar-refractivity contribution in [2.24, 2.45) is 0 Å². The Kier molecular flexibility index (Phi) is 4.25. The number of methoxy groups -OCH3 is 1. The molecule has 1 heterocycles. The summed E-state index contributed by atoms with van der Waals surface area (Å²) in [6.45, 7) is 0. The normalized spacial score (nSPS) is 10.4. The van der Waals surface area contributed by atoms with E-state index in [2.05, 4.69) is 9.71 Å². The Labute approximate surface area is 132 Å². The first kappa shape index (κ1) is 14.4. The van der Waals surface area contributed by atoms with E-state index < -0.39 is 0 Å². The zero-order chi connectivity index (χ0) is 15.4. The van der Waals surface area contributed by atoms with E-state index in [-0.39, 0.29) is 0 Å². The number of aldehydes is 1. The second-order valence-corrected chi connectivity index (χ2v) is 5.46.